The number of nitrogen functional groups attached to an aromatic ring is 1. The monoisotopic (exact) mass is 252 g/mol. The van der Waals surface area contributed by atoms with Crippen molar-refractivity contribution in [1.29, 1.82) is 0 Å². The van der Waals surface area contributed by atoms with Crippen LogP contribution in [-0.4, -0.2) is 44.1 Å². The molecule has 1 unspecified atom stereocenters. The Morgan fingerprint density at radius 1 is 1.56 bits per heavy atom. The molecule has 0 aromatic heterocycles. The Morgan fingerprint density at radius 2 is 2.39 bits per heavy atom. The number of rotatable bonds is 4. The van der Waals surface area contributed by atoms with E-state index in [1.54, 1.807) is 0 Å². The second-order valence-corrected chi connectivity index (χ2v) is 4.23. The smallest absolute Gasteiger partial charge is 0.144 e. The number of ether oxygens (including phenoxy) is 2. The van der Waals surface area contributed by atoms with Crippen LogP contribution in [0.25, 0.3) is 0 Å². The van der Waals surface area contributed by atoms with E-state index < -0.39 is 0 Å². The van der Waals surface area contributed by atoms with Crippen LogP contribution >= 0.6 is 0 Å². The van der Waals surface area contributed by atoms with Crippen molar-refractivity contribution in [1.82, 2.24) is 0 Å². The van der Waals surface area contributed by atoms with E-state index in [-0.39, 0.29) is 12.6 Å². The zero-order valence-electron chi connectivity index (χ0n) is 10.6. The van der Waals surface area contributed by atoms with Gasteiger partial charge in [-0.15, -0.1) is 0 Å². The van der Waals surface area contributed by atoms with Gasteiger partial charge in [-0.1, -0.05) is 6.07 Å². The fraction of sp³-hybridized carbons (Fsp3) is 0.538. The Labute approximate surface area is 107 Å². The molecule has 5 nitrogen and oxygen atoms in total. The second-order valence-electron chi connectivity index (χ2n) is 4.23. The van der Waals surface area contributed by atoms with Gasteiger partial charge in [0, 0.05) is 6.54 Å². The van der Waals surface area contributed by atoms with Crippen molar-refractivity contribution in [3.63, 3.8) is 0 Å². The molecule has 1 aliphatic rings. The maximum Gasteiger partial charge on any atom is 0.144 e. The number of hydrogen-bond donors (Lipinski definition) is 2. The summed E-state index contributed by atoms with van der Waals surface area (Å²) in [5.74, 6) is 0.693. The van der Waals surface area contributed by atoms with Crippen LogP contribution < -0.4 is 15.4 Å². The first kappa shape index (κ1) is 13.0. The third kappa shape index (κ3) is 2.52. The van der Waals surface area contributed by atoms with Crippen LogP contribution in [0.1, 0.15) is 6.92 Å². The van der Waals surface area contributed by atoms with Gasteiger partial charge in [0.1, 0.15) is 5.75 Å². The minimum atomic E-state index is -0.0436. The molecular weight excluding hydrogens is 232 g/mol. The molecule has 0 saturated carbocycles. The maximum absolute atomic E-state index is 9.39. The Kier molecular flexibility index (Phi) is 4.28. The van der Waals surface area contributed by atoms with E-state index in [0.29, 0.717) is 31.3 Å². The number of morpholine rings is 1. The van der Waals surface area contributed by atoms with Crippen molar-refractivity contribution in [3.8, 4) is 5.75 Å². The van der Waals surface area contributed by atoms with Gasteiger partial charge in [-0.2, -0.15) is 0 Å². The van der Waals surface area contributed by atoms with Gasteiger partial charge < -0.3 is 25.2 Å². The number of aliphatic hydroxyl groups excluding tert-OH is 1. The van der Waals surface area contributed by atoms with Crippen LogP contribution in [0, 0.1) is 0 Å². The van der Waals surface area contributed by atoms with Gasteiger partial charge in [-0.25, -0.2) is 0 Å². The van der Waals surface area contributed by atoms with E-state index in [1.165, 1.54) is 0 Å². The van der Waals surface area contributed by atoms with Crippen molar-refractivity contribution in [2.75, 3.05) is 43.6 Å². The lowest BCUT2D eigenvalue weighted by molar-refractivity contribution is 0.0727. The van der Waals surface area contributed by atoms with Gasteiger partial charge in [0.05, 0.1) is 43.8 Å². The van der Waals surface area contributed by atoms with Crippen LogP contribution in [0.4, 0.5) is 11.4 Å². The maximum atomic E-state index is 9.39. The molecule has 1 aromatic carbocycles. The van der Waals surface area contributed by atoms with Crippen molar-refractivity contribution in [3.05, 3.63) is 18.2 Å². The summed E-state index contributed by atoms with van der Waals surface area (Å²) in [4.78, 5) is 2.08. The lowest BCUT2D eigenvalue weighted by Crippen LogP contribution is -2.47. The molecule has 0 spiro atoms. The van der Waals surface area contributed by atoms with Crippen molar-refractivity contribution in [2.24, 2.45) is 0 Å². The van der Waals surface area contributed by atoms with E-state index >= 15 is 0 Å². The molecule has 0 aliphatic carbocycles. The highest BCUT2D eigenvalue weighted by Gasteiger charge is 2.24. The molecule has 100 valence electrons. The average Bonchev–Trinajstić information content (AvgIpc) is 2.41. The normalized spacial score (nSPS) is 19.9. The van der Waals surface area contributed by atoms with Crippen LogP contribution in [0.5, 0.6) is 5.75 Å². The predicted molar refractivity (Wildman–Crippen MR) is 71.1 cm³/mol. The van der Waals surface area contributed by atoms with Crippen LogP contribution in [-0.2, 0) is 4.74 Å². The van der Waals surface area contributed by atoms with E-state index in [2.05, 4.69) is 4.90 Å². The number of nitrogens with zero attached hydrogens (tertiary/aromatic N) is 1. The SMILES string of the molecule is CCOc1cccc(N2CCOCC2CO)c1N. The molecule has 1 saturated heterocycles. The number of anilines is 2. The first-order valence-electron chi connectivity index (χ1n) is 6.24. The summed E-state index contributed by atoms with van der Waals surface area (Å²) in [7, 11) is 0. The Morgan fingerprint density at radius 3 is 3.11 bits per heavy atom. The number of hydrogen-bond acceptors (Lipinski definition) is 5. The highest BCUT2D eigenvalue weighted by molar-refractivity contribution is 5.74. The molecule has 1 fully saturated rings. The molecule has 0 radical (unpaired) electrons. The minimum Gasteiger partial charge on any atom is -0.492 e. The number of nitrogens with two attached hydrogens (primary N) is 1. The van der Waals surface area contributed by atoms with Gasteiger partial charge in [-0.3, -0.25) is 0 Å². The molecule has 0 amide bonds. The van der Waals surface area contributed by atoms with Gasteiger partial charge >= 0.3 is 0 Å². The lowest BCUT2D eigenvalue weighted by Gasteiger charge is -2.37. The summed E-state index contributed by atoms with van der Waals surface area (Å²) < 4.78 is 10.9. The third-order valence-corrected chi connectivity index (χ3v) is 3.09. The summed E-state index contributed by atoms with van der Waals surface area (Å²) in [5.41, 5.74) is 7.66. The standard InChI is InChI=1S/C13H20N2O3/c1-2-18-12-5-3-4-11(13(12)14)15-6-7-17-9-10(15)8-16/h3-5,10,16H,2,6-9,14H2,1H3. The summed E-state index contributed by atoms with van der Waals surface area (Å²) in [6.45, 7) is 4.46. The largest absolute Gasteiger partial charge is 0.492 e. The first-order valence-corrected chi connectivity index (χ1v) is 6.24. The average molecular weight is 252 g/mol. The Hall–Kier alpha value is -1.46. The minimum absolute atomic E-state index is 0.0436. The molecule has 3 N–H and O–H groups in total. The third-order valence-electron chi connectivity index (χ3n) is 3.09. The van der Waals surface area contributed by atoms with Crippen LogP contribution in [0.15, 0.2) is 18.2 Å². The summed E-state index contributed by atoms with van der Waals surface area (Å²) in [6, 6.07) is 5.68. The highest BCUT2D eigenvalue weighted by atomic mass is 16.5. The molecule has 5 heteroatoms. The van der Waals surface area contributed by atoms with Gasteiger partial charge in [-0.05, 0) is 19.1 Å². The number of para-hydroxylation sites is 1. The first-order chi connectivity index (χ1) is 8.77. The van der Waals surface area contributed by atoms with E-state index in [1.807, 2.05) is 25.1 Å². The van der Waals surface area contributed by atoms with E-state index in [4.69, 9.17) is 15.2 Å². The highest BCUT2D eigenvalue weighted by Crippen LogP contribution is 2.33. The van der Waals surface area contributed by atoms with E-state index in [9.17, 15) is 5.11 Å². The van der Waals surface area contributed by atoms with Gasteiger partial charge in [0.2, 0.25) is 0 Å². The quantitative estimate of drug-likeness (QED) is 0.778. The van der Waals surface area contributed by atoms with Crippen LogP contribution in [0.2, 0.25) is 0 Å². The van der Waals surface area contributed by atoms with Gasteiger partial charge in [0.15, 0.2) is 0 Å². The molecule has 1 atom stereocenters. The molecule has 0 bridgehead atoms. The molecule has 1 aromatic rings. The van der Waals surface area contributed by atoms with Crippen LogP contribution in [0.3, 0.4) is 0 Å². The molecule has 1 aliphatic heterocycles. The molecular formula is C13H20N2O3. The zero-order chi connectivity index (χ0) is 13.0. The van der Waals surface area contributed by atoms with Gasteiger partial charge in [0.25, 0.3) is 0 Å². The van der Waals surface area contributed by atoms with Crippen molar-refractivity contribution in [2.45, 2.75) is 13.0 Å². The molecule has 1 heterocycles. The van der Waals surface area contributed by atoms with E-state index in [0.717, 1.165) is 12.2 Å². The molecule has 18 heavy (non-hydrogen) atoms. The van der Waals surface area contributed by atoms with Crippen molar-refractivity contribution < 1.29 is 14.6 Å². The fourth-order valence-corrected chi connectivity index (χ4v) is 2.19. The lowest BCUT2D eigenvalue weighted by atomic mass is 10.1. The Balaban J connectivity index is 2.28. The second kappa shape index (κ2) is 5.93. The number of benzene rings is 1. The number of aliphatic hydroxyl groups is 1. The van der Waals surface area contributed by atoms with Crippen molar-refractivity contribution >= 4 is 11.4 Å². The Bertz CT molecular complexity index is 398. The predicted octanol–water partition coefficient (Wildman–Crippen LogP) is 0.865. The molecule has 2 rings (SSSR count). The fourth-order valence-electron chi connectivity index (χ4n) is 2.19. The zero-order valence-corrected chi connectivity index (χ0v) is 10.6. The summed E-state index contributed by atoms with van der Waals surface area (Å²) >= 11 is 0. The summed E-state index contributed by atoms with van der Waals surface area (Å²) in [6.07, 6.45) is 0. The summed E-state index contributed by atoms with van der Waals surface area (Å²) in [5, 5.41) is 9.39. The topological polar surface area (TPSA) is 68.0 Å².